The van der Waals surface area contributed by atoms with Gasteiger partial charge in [-0.2, -0.15) is 0 Å². The maximum Gasteiger partial charge on any atom is 0.336 e. The van der Waals surface area contributed by atoms with E-state index in [0.29, 0.717) is 42.2 Å². The van der Waals surface area contributed by atoms with E-state index in [1.165, 1.54) is 0 Å². The lowest BCUT2D eigenvalue weighted by molar-refractivity contribution is -0.139. The summed E-state index contributed by atoms with van der Waals surface area (Å²) in [5.74, 6) is -0.0858. The zero-order valence-corrected chi connectivity index (χ0v) is 18.7. The summed E-state index contributed by atoms with van der Waals surface area (Å²) < 4.78 is 16.4. The van der Waals surface area contributed by atoms with Gasteiger partial charge in [-0.1, -0.05) is 26.8 Å². The second-order valence-electron chi connectivity index (χ2n) is 8.79. The van der Waals surface area contributed by atoms with Gasteiger partial charge in [0.2, 0.25) is 0 Å². The standard InChI is InChI=1S/C24H31NO5/c1-7-10-30-23(27)20-14(2)25-17-12-24(3,4)13-18(26)22(17)21(20)16-9-8-15(28-5)11-19(16)29-6/h8-9,11,21-22H,7,10,12-13H2,1-6H3. The minimum Gasteiger partial charge on any atom is -0.497 e. The van der Waals surface area contributed by atoms with Gasteiger partial charge >= 0.3 is 5.97 Å². The van der Waals surface area contributed by atoms with Crippen molar-refractivity contribution in [3.05, 3.63) is 35.0 Å². The van der Waals surface area contributed by atoms with Gasteiger partial charge in [-0.25, -0.2) is 4.79 Å². The largest absolute Gasteiger partial charge is 0.497 e. The molecule has 2 unspecified atom stereocenters. The summed E-state index contributed by atoms with van der Waals surface area (Å²) in [7, 11) is 3.16. The number of allylic oxidation sites excluding steroid dienone is 1. The predicted molar refractivity (Wildman–Crippen MR) is 115 cm³/mol. The van der Waals surface area contributed by atoms with Gasteiger partial charge < -0.3 is 14.2 Å². The molecule has 1 heterocycles. The number of rotatable bonds is 6. The Bertz CT molecular complexity index is 912. The highest BCUT2D eigenvalue weighted by Crippen LogP contribution is 2.49. The molecule has 1 aliphatic carbocycles. The zero-order valence-electron chi connectivity index (χ0n) is 18.7. The van der Waals surface area contributed by atoms with E-state index in [4.69, 9.17) is 19.2 Å². The molecule has 1 fully saturated rings. The molecule has 162 valence electrons. The van der Waals surface area contributed by atoms with Crippen LogP contribution in [0.3, 0.4) is 0 Å². The predicted octanol–water partition coefficient (Wildman–Crippen LogP) is 4.47. The molecular formula is C24H31NO5. The fourth-order valence-electron chi connectivity index (χ4n) is 4.54. The van der Waals surface area contributed by atoms with E-state index in [1.54, 1.807) is 20.3 Å². The summed E-state index contributed by atoms with van der Waals surface area (Å²) in [6.07, 6.45) is 1.88. The van der Waals surface area contributed by atoms with Crippen LogP contribution < -0.4 is 9.47 Å². The first-order valence-electron chi connectivity index (χ1n) is 10.4. The van der Waals surface area contributed by atoms with Crippen molar-refractivity contribution in [3.63, 3.8) is 0 Å². The molecule has 0 N–H and O–H groups in total. The van der Waals surface area contributed by atoms with Gasteiger partial charge in [0.1, 0.15) is 17.3 Å². The average Bonchev–Trinajstić information content (AvgIpc) is 2.69. The molecule has 0 spiro atoms. The number of carbonyl (C=O) groups is 2. The van der Waals surface area contributed by atoms with Crippen LogP contribution in [0.2, 0.25) is 0 Å². The van der Waals surface area contributed by atoms with Gasteiger partial charge in [0.15, 0.2) is 0 Å². The molecule has 1 aliphatic heterocycles. The van der Waals surface area contributed by atoms with Crippen molar-refractivity contribution < 1.29 is 23.8 Å². The summed E-state index contributed by atoms with van der Waals surface area (Å²) >= 11 is 0. The third kappa shape index (κ3) is 4.13. The Balaban J connectivity index is 2.19. The van der Waals surface area contributed by atoms with Crippen LogP contribution in [0, 0.1) is 11.3 Å². The highest BCUT2D eigenvalue weighted by Gasteiger charge is 2.48. The quantitative estimate of drug-likeness (QED) is 0.643. The lowest BCUT2D eigenvalue weighted by Gasteiger charge is -2.41. The normalized spacial score (nSPS) is 22.9. The first kappa shape index (κ1) is 22.1. The molecule has 0 amide bonds. The number of Topliss-reactive ketones (excluding diaryl/α,β-unsaturated/α-hetero) is 1. The van der Waals surface area contributed by atoms with E-state index in [9.17, 15) is 9.59 Å². The molecule has 0 aromatic heterocycles. The maximum absolute atomic E-state index is 13.3. The van der Waals surface area contributed by atoms with Gasteiger partial charge in [-0.15, -0.1) is 0 Å². The lowest BCUT2D eigenvalue weighted by atomic mass is 9.63. The van der Waals surface area contributed by atoms with Crippen molar-refractivity contribution in [1.29, 1.82) is 0 Å². The van der Waals surface area contributed by atoms with E-state index in [1.807, 2.05) is 26.0 Å². The van der Waals surface area contributed by atoms with Crippen molar-refractivity contribution in [1.82, 2.24) is 0 Å². The molecule has 0 radical (unpaired) electrons. The lowest BCUT2D eigenvalue weighted by Crippen LogP contribution is -2.44. The van der Waals surface area contributed by atoms with Crippen molar-refractivity contribution in [2.24, 2.45) is 16.3 Å². The number of aliphatic imine (C=N–C) groups is 1. The van der Waals surface area contributed by atoms with Crippen molar-refractivity contribution >= 4 is 17.5 Å². The van der Waals surface area contributed by atoms with Crippen LogP contribution in [0.1, 0.15) is 58.4 Å². The number of nitrogens with zero attached hydrogens (tertiary/aromatic N) is 1. The van der Waals surface area contributed by atoms with Gasteiger partial charge in [-0.05, 0) is 31.2 Å². The summed E-state index contributed by atoms with van der Waals surface area (Å²) in [4.78, 5) is 31.1. The maximum atomic E-state index is 13.3. The molecule has 2 aliphatic rings. The van der Waals surface area contributed by atoms with Crippen molar-refractivity contribution in [2.45, 2.75) is 52.9 Å². The van der Waals surface area contributed by atoms with Gasteiger partial charge in [0.05, 0.1) is 32.3 Å². The molecule has 30 heavy (non-hydrogen) atoms. The molecule has 6 nitrogen and oxygen atoms in total. The molecule has 6 heteroatoms. The number of carbonyl (C=O) groups excluding carboxylic acids is 2. The average molecular weight is 414 g/mol. The van der Waals surface area contributed by atoms with E-state index in [0.717, 1.165) is 17.7 Å². The van der Waals surface area contributed by atoms with Gasteiger partial charge in [0, 0.05) is 35.4 Å². The SMILES string of the molecule is CCCOC(=O)C1=C(C)N=C2CC(C)(C)CC(=O)C2C1c1ccc(OC)cc1OC. The smallest absolute Gasteiger partial charge is 0.336 e. The number of benzene rings is 1. The van der Waals surface area contributed by atoms with Crippen LogP contribution in [0.15, 0.2) is 34.5 Å². The number of esters is 1. The fraction of sp³-hybridized carbons (Fsp3) is 0.542. The van der Waals surface area contributed by atoms with Crippen LogP contribution in [0.25, 0.3) is 0 Å². The number of hydrogen-bond donors (Lipinski definition) is 0. The highest BCUT2D eigenvalue weighted by atomic mass is 16.5. The Labute approximate surface area is 178 Å². The number of methoxy groups -OCH3 is 2. The van der Waals surface area contributed by atoms with Gasteiger partial charge in [-0.3, -0.25) is 9.79 Å². The second-order valence-corrected chi connectivity index (χ2v) is 8.79. The van der Waals surface area contributed by atoms with E-state index in [2.05, 4.69) is 13.8 Å². The topological polar surface area (TPSA) is 74.2 Å². The zero-order chi connectivity index (χ0) is 22.1. The molecule has 0 bridgehead atoms. The van der Waals surface area contributed by atoms with Crippen LogP contribution >= 0.6 is 0 Å². The van der Waals surface area contributed by atoms with Crippen molar-refractivity contribution in [2.75, 3.05) is 20.8 Å². The molecular weight excluding hydrogens is 382 g/mol. The Morgan fingerprint density at radius 1 is 1.17 bits per heavy atom. The molecule has 3 rings (SSSR count). The summed E-state index contributed by atoms with van der Waals surface area (Å²) in [5.41, 5.74) is 2.50. The number of ether oxygens (including phenoxy) is 3. The van der Waals surface area contributed by atoms with E-state index >= 15 is 0 Å². The summed E-state index contributed by atoms with van der Waals surface area (Å²) in [6.45, 7) is 8.25. The van der Waals surface area contributed by atoms with Crippen LogP contribution in [-0.4, -0.2) is 38.3 Å². The van der Waals surface area contributed by atoms with Gasteiger partial charge in [0.25, 0.3) is 0 Å². The first-order valence-corrected chi connectivity index (χ1v) is 10.4. The Morgan fingerprint density at radius 3 is 2.53 bits per heavy atom. The van der Waals surface area contributed by atoms with E-state index < -0.39 is 17.8 Å². The Kier molecular flexibility index (Phi) is 6.34. The summed E-state index contributed by atoms with van der Waals surface area (Å²) in [5, 5.41) is 0. The number of fused-ring (bicyclic) bond motifs is 1. The molecule has 0 saturated heterocycles. The van der Waals surface area contributed by atoms with Crippen LogP contribution in [-0.2, 0) is 14.3 Å². The van der Waals surface area contributed by atoms with Crippen molar-refractivity contribution in [3.8, 4) is 11.5 Å². The van der Waals surface area contributed by atoms with Crippen LogP contribution in [0.5, 0.6) is 11.5 Å². The second kappa shape index (κ2) is 8.62. The molecule has 1 aromatic rings. The minimum absolute atomic E-state index is 0.0983. The fourth-order valence-corrected chi connectivity index (χ4v) is 4.54. The third-order valence-corrected chi connectivity index (χ3v) is 5.80. The molecule has 2 atom stereocenters. The number of hydrogen-bond acceptors (Lipinski definition) is 6. The summed E-state index contributed by atoms with van der Waals surface area (Å²) in [6, 6.07) is 5.48. The molecule has 1 aromatic carbocycles. The number of ketones is 1. The Hall–Kier alpha value is -2.63. The monoisotopic (exact) mass is 413 g/mol. The minimum atomic E-state index is -0.494. The third-order valence-electron chi connectivity index (χ3n) is 5.80. The highest BCUT2D eigenvalue weighted by molar-refractivity contribution is 6.12. The van der Waals surface area contributed by atoms with Crippen LogP contribution in [0.4, 0.5) is 0 Å². The Morgan fingerprint density at radius 2 is 1.90 bits per heavy atom. The molecule has 1 saturated carbocycles. The first-order chi connectivity index (χ1) is 14.2. The van der Waals surface area contributed by atoms with E-state index in [-0.39, 0.29) is 11.2 Å².